The standard InChI is InChI=1S/C17H30N4O2/c1-18-17(19-10-11-20(2)12-13-22-4)21(3)14-15-6-8-16(23-5)9-7-15/h6-9H,10-14H2,1-5H3,(H,18,19). The van der Waals surface area contributed by atoms with E-state index in [1.165, 1.54) is 5.56 Å². The Bertz CT molecular complexity index is 462. The third-order valence-electron chi connectivity index (χ3n) is 3.61. The third-order valence-corrected chi connectivity index (χ3v) is 3.61. The molecular weight excluding hydrogens is 292 g/mol. The van der Waals surface area contributed by atoms with Gasteiger partial charge in [-0.2, -0.15) is 0 Å². The van der Waals surface area contributed by atoms with Crippen LogP contribution in [0.5, 0.6) is 5.75 Å². The summed E-state index contributed by atoms with van der Waals surface area (Å²) in [6.45, 7) is 4.27. The quantitative estimate of drug-likeness (QED) is 0.548. The second kappa shape index (κ2) is 10.9. The lowest BCUT2D eigenvalue weighted by atomic mass is 10.2. The first-order chi connectivity index (χ1) is 11.1. The molecule has 0 atom stereocenters. The minimum Gasteiger partial charge on any atom is -0.497 e. The molecule has 0 aliphatic carbocycles. The molecule has 0 fully saturated rings. The molecule has 130 valence electrons. The van der Waals surface area contributed by atoms with Gasteiger partial charge in [0.05, 0.1) is 13.7 Å². The molecule has 0 radical (unpaired) electrons. The lowest BCUT2D eigenvalue weighted by molar-refractivity contribution is 0.162. The summed E-state index contributed by atoms with van der Waals surface area (Å²) in [4.78, 5) is 8.68. The van der Waals surface area contributed by atoms with E-state index >= 15 is 0 Å². The Kier molecular flexibility index (Phi) is 9.09. The molecule has 1 rings (SSSR count). The van der Waals surface area contributed by atoms with Crippen molar-refractivity contribution >= 4 is 5.96 Å². The number of methoxy groups -OCH3 is 2. The van der Waals surface area contributed by atoms with Gasteiger partial charge in [-0.05, 0) is 24.7 Å². The van der Waals surface area contributed by atoms with E-state index < -0.39 is 0 Å². The fourth-order valence-corrected chi connectivity index (χ4v) is 2.18. The zero-order chi connectivity index (χ0) is 17.1. The topological polar surface area (TPSA) is 49.3 Å². The van der Waals surface area contributed by atoms with Crippen LogP contribution in [-0.2, 0) is 11.3 Å². The van der Waals surface area contributed by atoms with Crippen LogP contribution in [-0.4, -0.2) is 77.4 Å². The van der Waals surface area contributed by atoms with Gasteiger partial charge in [-0.3, -0.25) is 4.99 Å². The molecule has 6 heteroatoms. The number of aliphatic imine (C=N–C) groups is 1. The summed E-state index contributed by atoms with van der Waals surface area (Å²) in [5.74, 6) is 1.76. The Hall–Kier alpha value is -1.79. The van der Waals surface area contributed by atoms with E-state index in [9.17, 15) is 0 Å². The van der Waals surface area contributed by atoms with E-state index in [1.807, 2.05) is 26.2 Å². The fraction of sp³-hybridized carbons (Fsp3) is 0.588. The van der Waals surface area contributed by atoms with Crippen LogP contribution in [0.3, 0.4) is 0 Å². The van der Waals surface area contributed by atoms with Crippen molar-refractivity contribution in [3.8, 4) is 5.75 Å². The van der Waals surface area contributed by atoms with Crippen molar-refractivity contribution in [3.63, 3.8) is 0 Å². The van der Waals surface area contributed by atoms with Gasteiger partial charge in [0, 0.05) is 47.4 Å². The Morgan fingerprint density at radius 1 is 1.13 bits per heavy atom. The van der Waals surface area contributed by atoms with Gasteiger partial charge in [-0.1, -0.05) is 12.1 Å². The number of rotatable bonds is 9. The minimum absolute atomic E-state index is 0.753. The van der Waals surface area contributed by atoms with E-state index in [2.05, 4.69) is 39.3 Å². The third kappa shape index (κ3) is 7.34. The largest absolute Gasteiger partial charge is 0.497 e. The van der Waals surface area contributed by atoms with E-state index in [0.29, 0.717) is 0 Å². The van der Waals surface area contributed by atoms with Gasteiger partial charge in [0.2, 0.25) is 0 Å². The van der Waals surface area contributed by atoms with Crippen molar-refractivity contribution in [2.75, 3.05) is 61.6 Å². The average molecular weight is 322 g/mol. The Balaban J connectivity index is 2.40. The molecule has 0 aromatic heterocycles. The van der Waals surface area contributed by atoms with Crippen LogP contribution < -0.4 is 10.1 Å². The molecule has 6 nitrogen and oxygen atoms in total. The van der Waals surface area contributed by atoms with E-state index in [1.54, 1.807) is 14.2 Å². The summed E-state index contributed by atoms with van der Waals surface area (Å²) in [5.41, 5.74) is 1.22. The molecule has 1 N–H and O–H groups in total. The molecular formula is C17H30N4O2. The SMILES string of the molecule is CN=C(NCCN(C)CCOC)N(C)Cc1ccc(OC)cc1. The second-order valence-electron chi connectivity index (χ2n) is 5.47. The molecule has 0 saturated heterocycles. The highest BCUT2D eigenvalue weighted by Crippen LogP contribution is 2.12. The second-order valence-corrected chi connectivity index (χ2v) is 5.47. The van der Waals surface area contributed by atoms with Gasteiger partial charge in [0.25, 0.3) is 0 Å². The number of nitrogens with one attached hydrogen (secondary N) is 1. The predicted octanol–water partition coefficient (Wildman–Crippen LogP) is 1.28. The lowest BCUT2D eigenvalue weighted by Gasteiger charge is -2.23. The van der Waals surface area contributed by atoms with Crippen molar-refractivity contribution in [1.29, 1.82) is 0 Å². The van der Waals surface area contributed by atoms with Gasteiger partial charge in [-0.15, -0.1) is 0 Å². The van der Waals surface area contributed by atoms with Crippen LogP contribution in [0.15, 0.2) is 29.3 Å². The maximum absolute atomic E-state index is 5.18. The van der Waals surface area contributed by atoms with E-state index in [4.69, 9.17) is 9.47 Å². The van der Waals surface area contributed by atoms with E-state index in [0.717, 1.165) is 44.5 Å². The Morgan fingerprint density at radius 3 is 2.39 bits per heavy atom. The predicted molar refractivity (Wildman–Crippen MR) is 95.2 cm³/mol. The summed E-state index contributed by atoms with van der Waals surface area (Å²) in [6.07, 6.45) is 0. The number of nitrogens with zero attached hydrogens (tertiary/aromatic N) is 3. The number of guanidine groups is 1. The zero-order valence-electron chi connectivity index (χ0n) is 15.0. The molecule has 0 amide bonds. The van der Waals surface area contributed by atoms with Crippen molar-refractivity contribution in [2.24, 2.45) is 4.99 Å². The maximum atomic E-state index is 5.18. The minimum atomic E-state index is 0.753. The molecule has 0 heterocycles. The molecule has 0 bridgehead atoms. The van der Waals surface area contributed by atoms with Crippen LogP contribution in [0, 0.1) is 0 Å². The molecule has 23 heavy (non-hydrogen) atoms. The zero-order valence-corrected chi connectivity index (χ0v) is 15.0. The smallest absolute Gasteiger partial charge is 0.193 e. The normalized spacial score (nSPS) is 11.7. The summed E-state index contributed by atoms with van der Waals surface area (Å²) >= 11 is 0. The number of benzene rings is 1. The lowest BCUT2D eigenvalue weighted by Crippen LogP contribution is -2.42. The molecule has 1 aromatic carbocycles. The van der Waals surface area contributed by atoms with Crippen LogP contribution in [0.25, 0.3) is 0 Å². The van der Waals surface area contributed by atoms with Crippen LogP contribution >= 0.6 is 0 Å². The van der Waals surface area contributed by atoms with Gasteiger partial charge < -0.3 is 24.6 Å². The maximum Gasteiger partial charge on any atom is 0.193 e. The highest BCUT2D eigenvalue weighted by molar-refractivity contribution is 5.79. The highest BCUT2D eigenvalue weighted by Gasteiger charge is 2.07. The first-order valence-electron chi connectivity index (χ1n) is 7.83. The highest BCUT2D eigenvalue weighted by atomic mass is 16.5. The first-order valence-corrected chi connectivity index (χ1v) is 7.83. The summed E-state index contributed by atoms with van der Waals surface area (Å²) < 4.78 is 10.3. The van der Waals surface area contributed by atoms with Crippen molar-refractivity contribution in [3.05, 3.63) is 29.8 Å². The molecule has 0 spiro atoms. The fourth-order valence-electron chi connectivity index (χ4n) is 2.18. The summed E-state index contributed by atoms with van der Waals surface area (Å²) in [6, 6.07) is 8.09. The van der Waals surface area contributed by atoms with Crippen LogP contribution in [0.2, 0.25) is 0 Å². The molecule has 1 aromatic rings. The number of hydrogen-bond acceptors (Lipinski definition) is 4. The molecule has 0 saturated carbocycles. The number of ether oxygens (including phenoxy) is 2. The average Bonchev–Trinajstić information content (AvgIpc) is 2.57. The van der Waals surface area contributed by atoms with Crippen LogP contribution in [0.4, 0.5) is 0 Å². The number of hydrogen-bond donors (Lipinski definition) is 1. The molecule has 0 unspecified atom stereocenters. The molecule has 0 aliphatic heterocycles. The van der Waals surface area contributed by atoms with Gasteiger partial charge in [0.15, 0.2) is 5.96 Å². The Morgan fingerprint density at radius 2 is 1.83 bits per heavy atom. The monoisotopic (exact) mass is 322 g/mol. The summed E-state index contributed by atoms with van der Waals surface area (Å²) in [5, 5.41) is 3.39. The number of likely N-dealkylation sites (N-methyl/N-ethyl adjacent to an activating group) is 1. The summed E-state index contributed by atoms with van der Waals surface area (Å²) in [7, 11) is 9.33. The first kappa shape index (κ1) is 19.3. The van der Waals surface area contributed by atoms with E-state index in [-0.39, 0.29) is 0 Å². The van der Waals surface area contributed by atoms with Gasteiger partial charge in [-0.25, -0.2) is 0 Å². The van der Waals surface area contributed by atoms with Gasteiger partial charge >= 0.3 is 0 Å². The molecule has 0 aliphatic rings. The van der Waals surface area contributed by atoms with Crippen molar-refractivity contribution < 1.29 is 9.47 Å². The van der Waals surface area contributed by atoms with Crippen LogP contribution in [0.1, 0.15) is 5.56 Å². The van der Waals surface area contributed by atoms with Crippen molar-refractivity contribution in [2.45, 2.75) is 6.54 Å². The van der Waals surface area contributed by atoms with Crippen molar-refractivity contribution in [1.82, 2.24) is 15.1 Å². The Labute approximate surface area is 140 Å². The van der Waals surface area contributed by atoms with Gasteiger partial charge in [0.1, 0.15) is 5.75 Å².